The molecule has 94 valence electrons. The molecule has 5 nitrogen and oxygen atoms in total. The van der Waals surface area contributed by atoms with Gasteiger partial charge in [0.2, 0.25) is 11.8 Å². The number of carbonyl (C=O) groups is 2. The number of para-hydroxylation sites is 1. The number of hydrogen-bond donors (Lipinski definition) is 2. The molecule has 1 aromatic rings. The summed E-state index contributed by atoms with van der Waals surface area (Å²) < 4.78 is 0. The number of benzene rings is 1. The van der Waals surface area contributed by atoms with Crippen LogP contribution in [-0.2, 0) is 9.59 Å². The molecule has 0 spiro atoms. The van der Waals surface area contributed by atoms with Gasteiger partial charge in [-0.1, -0.05) is 18.2 Å². The Morgan fingerprint density at radius 1 is 1.39 bits per heavy atom. The van der Waals surface area contributed by atoms with Crippen molar-refractivity contribution in [2.24, 2.45) is 0 Å². The van der Waals surface area contributed by atoms with E-state index in [2.05, 4.69) is 5.32 Å². The molecule has 2 amide bonds. The number of nitrogens with zero attached hydrogens (tertiary/aromatic N) is 1. The van der Waals surface area contributed by atoms with Crippen LogP contribution in [0.1, 0.15) is 17.9 Å². The third-order valence-electron chi connectivity index (χ3n) is 3.50. The number of hydrogen-bond acceptors (Lipinski definition) is 3. The molecule has 0 bridgehead atoms. The fourth-order valence-corrected chi connectivity index (χ4v) is 2.44. The largest absolute Gasteiger partial charge is 0.389 e. The molecular weight excluding hydrogens is 232 g/mol. The molecule has 0 radical (unpaired) electrons. The molecule has 1 aromatic carbocycles. The Bertz CT molecular complexity index is 509. The van der Waals surface area contributed by atoms with Gasteiger partial charge in [0.05, 0.1) is 12.0 Å². The normalized spacial score (nSPS) is 22.4. The molecule has 18 heavy (non-hydrogen) atoms. The SMILES string of the molecule is O=C1Nc2ccccc2C1CC(=O)N1CC(O)C1. The highest BCUT2D eigenvalue weighted by Gasteiger charge is 2.36. The summed E-state index contributed by atoms with van der Waals surface area (Å²) in [6, 6.07) is 7.43. The lowest BCUT2D eigenvalue weighted by molar-refractivity contribution is -0.142. The van der Waals surface area contributed by atoms with Crippen LogP contribution in [0.25, 0.3) is 0 Å². The van der Waals surface area contributed by atoms with E-state index < -0.39 is 12.0 Å². The number of aliphatic hydroxyl groups excluding tert-OH is 1. The van der Waals surface area contributed by atoms with E-state index in [1.165, 1.54) is 0 Å². The lowest BCUT2D eigenvalue weighted by Crippen LogP contribution is -2.53. The number of anilines is 1. The first-order chi connectivity index (χ1) is 8.65. The third kappa shape index (κ3) is 1.76. The molecule has 2 N–H and O–H groups in total. The first-order valence-electron chi connectivity index (χ1n) is 6.01. The zero-order valence-electron chi connectivity index (χ0n) is 9.80. The maximum Gasteiger partial charge on any atom is 0.232 e. The van der Waals surface area contributed by atoms with E-state index in [4.69, 9.17) is 5.11 Å². The molecule has 3 rings (SSSR count). The van der Waals surface area contributed by atoms with Gasteiger partial charge in [-0.2, -0.15) is 0 Å². The molecule has 2 aliphatic heterocycles. The Balaban J connectivity index is 1.73. The number of fused-ring (bicyclic) bond motifs is 1. The quantitative estimate of drug-likeness (QED) is 0.789. The summed E-state index contributed by atoms with van der Waals surface area (Å²) in [6.07, 6.45) is -0.228. The third-order valence-corrected chi connectivity index (χ3v) is 3.50. The van der Waals surface area contributed by atoms with Crippen LogP contribution < -0.4 is 5.32 Å². The van der Waals surface area contributed by atoms with Crippen molar-refractivity contribution in [1.82, 2.24) is 4.90 Å². The molecule has 0 aromatic heterocycles. The van der Waals surface area contributed by atoms with Crippen LogP contribution in [0.4, 0.5) is 5.69 Å². The summed E-state index contributed by atoms with van der Waals surface area (Å²) in [5.74, 6) is -0.589. The first kappa shape index (κ1) is 11.2. The molecule has 2 heterocycles. The van der Waals surface area contributed by atoms with E-state index in [1.807, 2.05) is 24.3 Å². The van der Waals surface area contributed by atoms with E-state index in [0.717, 1.165) is 11.3 Å². The van der Waals surface area contributed by atoms with Gasteiger partial charge in [-0.25, -0.2) is 0 Å². The van der Waals surface area contributed by atoms with Gasteiger partial charge in [0.1, 0.15) is 0 Å². The maximum atomic E-state index is 11.9. The van der Waals surface area contributed by atoms with Gasteiger partial charge in [-0.3, -0.25) is 9.59 Å². The van der Waals surface area contributed by atoms with E-state index in [0.29, 0.717) is 13.1 Å². The van der Waals surface area contributed by atoms with Crippen molar-refractivity contribution >= 4 is 17.5 Å². The van der Waals surface area contributed by atoms with Crippen LogP contribution in [0.15, 0.2) is 24.3 Å². The predicted octanol–water partition coefficient (Wildman–Crippen LogP) is 0.316. The van der Waals surface area contributed by atoms with Crippen molar-refractivity contribution < 1.29 is 14.7 Å². The highest BCUT2D eigenvalue weighted by Crippen LogP contribution is 2.34. The summed E-state index contributed by atoms with van der Waals surface area (Å²) in [6.45, 7) is 0.767. The van der Waals surface area contributed by atoms with E-state index >= 15 is 0 Å². The topological polar surface area (TPSA) is 69.6 Å². The average molecular weight is 246 g/mol. The van der Waals surface area contributed by atoms with Crippen LogP contribution in [0.5, 0.6) is 0 Å². The molecule has 2 aliphatic rings. The summed E-state index contributed by atoms with van der Waals surface area (Å²) in [7, 11) is 0. The highest BCUT2D eigenvalue weighted by molar-refractivity contribution is 6.04. The number of β-amino-alcohol motifs (C(OH)–C–C–N with tert-alkyl or cyclic N) is 1. The Morgan fingerprint density at radius 3 is 2.83 bits per heavy atom. The zero-order valence-corrected chi connectivity index (χ0v) is 9.80. The number of aliphatic hydroxyl groups is 1. The number of carbonyl (C=O) groups excluding carboxylic acids is 2. The van der Waals surface area contributed by atoms with E-state index in [-0.39, 0.29) is 18.2 Å². The van der Waals surface area contributed by atoms with Gasteiger partial charge >= 0.3 is 0 Å². The second kappa shape index (κ2) is 4.10. The minimum absolute atomic E-state index is 0.0721. The fraction of sp³-hybridized carbons (Fsp3) is 0.385. The smallest absolute Gasteiger partial charge is 0.232 e. The van der Waals surface area contributed by atoms with E-state index in [9.17, 15) is 9.59 Å². The van der Waals surface area contributed by atoms with Crippen LogP contribution in [0.3, 0.4) is 0 Å². The van der Waals surface area contributed by atoms with E-state index in [1.54, 1.807) is 4.90 Å². The number of nitrogens with one attached hydrogen (secondary N) is 1. The second-order valence-corrected chi connectivity index (χ2v) is 4.79. The van der Waals surface area contributed by atoms with Gasteiger partial charge in [0, 0.05) is 25.2 Å². The maximum absolute atomic E-state index is 11.9. The fourth-order valence-electron chi connectivity index (χ4n) is 2.44. The van der Waals surface area contributed by atoms with Crippen molar-refractivity contribution in [2.45, 2.75) is 18.4 Å². The Hall–Kier alpha value is -1.88. The summed E-state index contributed by atoms with van der Waals surface area (Å²) >= 11 is 0. The molecular formula is C13H14N2O3. The number of likely N-dealkylation sites (tertiary alicyclic amines) is 1. The average Bonchev–Trinajstić information content (AvgIpc) is 2.62. The van der Waals surface area contributed by atoms with Crippen molar-refractivity contribution in [1.29, 1.82) is 0 Å². The molecule has 1 fully saturated rings. The molecule has 1 atom stereocenters. The van der Waals surface area contributed by atoms with Crippen LogP contribution in [0.2, 0.25) is 0 Å². The highest BCUT2D eigenvalue weighted by atomic mass is 16.3. The zero-order chi connectivity index (χ0) is 12.7. The minimum atomic E-state index is -0.404. The molecule has 0 aliphatic carbocycles. The Kier molecular flexibility index (Phi) is 2.56. The molecule has 1 unspecified atom stereocenters. The van der Waals surface area contributed by atoms with Gasteiger partial charge in [-0.05, 0) is 11.6 Å². The minimum Gasteiger partial charge on any atom is -0.389 e. The lowest BCUT2D eigenvalue weighted by Gasteiger charge is -2.36. The van der Waals surface area contributed by atoms with Gasteiger partial charge in [0.15, 0.2) is 0 Å². The second-order valence-electron chi connectivity index (χ2n) is 4.79. The first-order valence-corrected chi connectivity index (χ1v) is 6.01. The standard InChI is InChI=1S/C13H14N2O3/c16-8-6-15(7-8)12(17)5-10-9-3-1-2-4-11(9)14-13(10)18/h1-4,8,10,16H,5-7H2,(H,14,18). The Morgan fingerprint density at radius 2 is 2.11 bits per heavy atom. The van der Waals surface area contributed by atoms with Gasteiger partial charge < -0.3 is 15.3 Å². The molecule has 1 saturated heterocycles. The number of rotatable bonds is 2. The van der Waals surface area contributed by atoms with Crippen molar-refractivity contribution in [3.63, 3.8) is 0 Å². The molecule has 0 saturated carbocycles. The lowest BCUT2D eigenvalue weighted by atomic mass is 9.96. The molecule has 5 heteroatoms. The van der Waals surface area contributed by atoms with Gasteiger partial charge in [-0.15, -0.1) is 0 Å². The van der Waals surface area contributed by atoms with Gasteiger partial charge in [0.25, 0.3) is 0 Å². The monoisotopic (exact) mass is 246 g/mol. The number of amides is 2. The summed E-state index contributed by atoms with van der Waals surface area (Å²) in [4.78, 5) is 25.3. The summed E-state index contributed by atoms with van der Waals surface area (Å²) in [5.41, 5.74) is 1.68. The van der Waals surface area contributed by atoms with Crippen molar-refractivity contribution in [2.75, 3.05) is 18.4 Å². The van der Waals surface area contributed by atoms with Crippen LogP contribution in [0, 0.1) is 0 Å². The van der Waals surface area contributed by atoms with Crippen molar-refractivity contribution in [3.05, 3.63) is 29.8 Å². The summed E-state index contributed by atoms with van der Waals surface area (Å²) in [5, 5.41) is 11.9. The van der Waals surface area contributed by atoms with Crippen molar-refractivity contribution in [3.8, 4) is 0 Å². The van der Waals surface area contributed by atoms with Crippen LogP contribution >= 0.6 is 0 Å². The van der Waals surface area contributed by atoms with Crippen LogP contribution in [-0.4, -0.2) is 41.0 Å². The Labute approximate surface area is 104 Å². The predicted molar refractivity (Wildman–Crippen MR) is 65.0 cm³/mol.